The van der Waals surface area contributed by atoms with Crippen LogP contribution in [0.15, 0.2) is 30.9 Å². The minimum Gasteiger partial charge on any atom is -0.361 e. The second-order valence-electron chi connectivity index (χ2n) is 5.03. The Morgan fingerprint density at radius 2 is 1.91 bits per heavy atom. The Hall–Kier alpha value is -2.16. The van der Waals surface area contributed by atoms with E-state index in [1.807, 2.05) is 4.57 Å². The lowest BCUT2D eigenvalue weighted by Crippen LogP contribution is -2.04. The van der Waals surface area contributed by atoms with Crippen LogP contribution < -0.4 is 5.32 Å². The smallest absolute Gasteiger partial charge is 0.361 e. The van der Waals surface area contributed by atoms with Crippen molar-refractivity contribution >= 4 is 26.7 Å². The summed E-state index contributed by atoms with van der Waals surface area (Å²) in [5.74, 6) is 0. The molecule has 23 heavy (non-hydrogen) atoms. The predicted molar refractivity (Wildman–Crippen MR) is 82.4 cm³/mol. The van der Waals surface area contributed by atoms with Crippen LogP contribution in [0, 0.1) is 0 Å². The van der Waals surface area contributed by atoms with E-state index in [2.05, 4.69) is 20.5 Å². The van der Waals surface area contributed by atoms with Gasteiger partial charge in [0.2, 0.25) is 0 Å². The zero-order chi connectivity index (χ0) is 16.3. The van der Waals surface area contributed by atoms with Crippen LogP contribution in [0.5, 0.6) is 0 Å². The number of thiazole rings is 1. The van der Waals surface area contributed by atoms with Crippen molar-refractivity contribution in [2.75, 3.05) is 11.9 Å². The Bertz CT molecular complexity index is 766. The third-order valence-electron chi connectivity index (χ3n) is 3.30. The first-order valence-corrected chi connectivity index (χ1v) is 7.88. The molecule has 0 spiro atoms. The van der Waals surface area contributed by atoms with Gasteiger partial charge in [-0.25, -0.2) is 4.98 Å². The van der Waals surface area contributed by atoms with E-state index in [0.29, 0.717) is 17.2 Å². The summed E-state index contributed by atoms with van der Waals surface area (Å²) in [5.41, 5.74) is -0.299. The SMILES string of the molecule is FC(F)(F)c1ccc2sc(NCCCCn3cnnc3)nc2c1. The number of hydrogen-bond acceptors (Lipinski definition) is 5. The van der Waals surface area contributed by atoms with Crippen molar-refractivity contribution in [1.29, 1.82) is 0 Å². The monoisotopic (exact) mass is 341 g/mol. The zero-order valence-electron chi connectivity index (χ0n) is 12.0. The van der Waals surface area contributed by atoms with Crippen LogP contribution in [0.3, 0.4) is 0 Å². The minimum atomic E-state index is -4.34. The van der Waals surface area contributed by atoms with Crippen LogP contribution in [-0.2, 0) is 12.7 Å². The van der Waals surface area contributed by atoms with E-state index in [-0.39, 0.29) is 0 Å². The summed E-state index contributed by atoms with van der Waals surface area (Å²) in [6, 6.07) is 3.64. The molecule has 0 aliphatic rings. The van der Waals surface area contributed by atoms with Crippen LogP contribution in [0.25, 0.3) is 10.2 Å². The lowest BCUT2D eigenvalue weighted by molar-refractivity contribution is -0.137. The average molecular weight is 341 g/mol. The molecule has 122 valence electrons. The molecule has 9 heteroatoms. The predicted octanol–water partition coefficient (Wildman–Crippen LogP) is 3.80. The standard InChI is InChI=1S/C14H14F3N5S/c15-14(16,17)10-3-4-12-11(7-10)21-13(23-12)18-5-1-2-6-22-8-19-20-9-22/h3-4,7-9H,1-2,5-6H2,(H,18,21). The highest BCUT2D eigenvalue weighted by atomic mass is 32.1. The minimum absolute atomic E-state index is 0.372. The molecule has 1 N–H and O–H groups in total. The van der Waals surface area contributed by atoms with Crippen molar-refractivity contribution in [3.63, 3.8) is 0 Å². The molecule has 1 aromatic carbocycles. The number of halogens is 3. The van der Waals surface area contributed by atoms with Crippen molar-refractivity contribution < 1.29 is 13.2 Å². The fourth-order valence-corrected chi connectivity index (χ4v) is 3.00. The molecule has 0 amide bonds. The largest absolute Gasteiger partial charge is 0.416 e. The fourth-order valence-electron chi connectivity index (χ4n) is 2.13. The number of fused-ring (bicyclic) bond motifs is 1. The highest BCUT2D eigenvalue weighted by Crippen LogP contribution is 2.33. The van der Waals surface area contributed by atoms with Gasteiger partial charge in [-0.3, -0.25) is 0 Å². The van der Waals surface area contributed by atoms with Gasteiger partial charge < -0.3 is 9.88 Å². The molecule has 3 aromatic rings. The molecule has 3 rings (SSSR count). The van der Waals surface area contributed by atoms with E-state index < -0.39 is 11.7 Å². The number of anilines is 1. The number of aromatic nitrogens is 4. The van der Waals surface area contributed by atoms with Crippen molar-refractivity contribution in [3.05, 3.63) is 36.4 Å². The number of nitrogens with zero attached hydrogens (tertiary/aromatic N) is 4. The lowest BCUT2D eigenvalue weighted by atomic mass is 10.2. The number of aryl methyl sites for hydroxylation is 1. The van der Waals surface area contributed by atoms with Crippen LogP contribution in [0.2, 0.25) is 0 Å². The van der Waals surface area contributed by atoms with E-state index in [9.17, 15) is 13.2 Å². The third-order valence-corrected chi connectivity index (χ3v) is 4.29. The summed E-state index contributed by atoms with van der Waals surface area (Å²) in [6.07, 6.45) is 0.863. The summed E-state index contributed by atoms with van der Waals surface area (Å²) in [4.78, 5) is 4.22. The van der Waals surface area contributed by atoms with Crippen molar-refractivity contribution in [2.45, 2.75) is 25.6 Å². The second-order valence-corrected chi connectivity index (χ2v) is 6.06. The molecule has 0 bridgehead atoms. The van der Waals surface area contributed by atoms with Gasteiger partial charge in [0, 0.05) is 13.1 Å². The molecule has 0 radical (unpaired) electrons. The van der Waals surface area contributed by atoms with E-state index >= 15 is 0 Å². The van der Waals surface area contributed by atoms with Crippen molar-refractivity contribution in [2.24, 2.45) is 0 Å². The molecule has 5 nitrogen and oxygen atoms in total. The van der Waals surface area contributed by atoms with Gasteiger partial charge >= 0.3 is 6.18 Å². The topological polar surface area (TPSA) is 55.6 Å². The number of nitrogens with one attached hydrogen (secondary N) is 1. The number of alkyl halides is 3. The second kappa shape index (κ2) is 6.53. The average Bonchev–Trinajstić information content (AvgIpc) is 3.13. The maximum Gasteiger partial charge on any atom is 0.416 e. The first kappa shape index (κ1) is 15.7. The summed E-state index contributed by atoms with van der Waals surface area (Å²) in [6.45, 7) is 1.55. The molecular weight excluding hydrogens is 327 g/mol. The molecular formula is C14H14F3N5S. The Labute approximate surface area is 134 Å². The molecule has 0 saturated carbocycles. The van der Waals surface area contributed by atoms with Gasteiger partial charge in [-0.2, -0.15) is 13.2 Å². The third kappa shape index (κ3) is 3.98. The van der Waals surface area contributed by atoms with Crippen molar-refractivity contribution in [1.82, 2.24) is 19.7 Å². The van der Waals surface area contributed by atoms with E-state index in [0.717, 1.165) is 36.2 Å². The number of unbranched alkanes of at least 4 members (excludes halogenated alkanes) is 1. The van der Waals surface area contributed by atoms with Gasteiger partial charge in [0.1, 0.15) is 12.7 Å². The van der Waals surface area contributed by atoms with E-state index in [1.165, 1.54) is 17.4 Å². The Morgan fingerprint density at radius 3 is 2.65 bits per heavy atom. The molecule has 0 unspecified atom stereocenters. The van der Waals surface area contributed by atoms with Gasteiger partial charge in [-0.15, -0.1) is 10.2 Å². The quantitative estimate of drug-likeness (QED) is 0.693. The molecule has 0 aliphatic heterocycles. The molecule has 0 saturated heterocycles. The normalized spacial score (nSPS) is 12.0. The van der Waals surface area contributed by atoms with E-state index in [1.54, 1.807) is 12.7 Å². The first-order chi connectivity index (χ1) is 11.0. The maximum absolute atomic E-state index is 12.7. The number of benzene rings is 1. The Kier molecular flexibility index (Phi) is 4.46. The van der Waals surface area contributed by atoms with Gasteiger partial charge in [-0.05, 0) is 31.0 Å². The number of rotatable bonds is 6. The van der Waals surface area contributed by atoms with Crippen LogP contribution in [0.4, 0.5) is 18.3 Å². The van der Waals surface area contributed by atoms with Crippen LogP contribution in [0.1, 0.15) is 18.4 Å². The number of hydrogen-bond donors (Lipinski definition) is 1. The first-order valence-electron chi connectivity index (χ1n) is 7.06. The highest BCUT2D eigenvalue weighted by Gasteiger charge is 2.30. The van der Waals surface area contributed by atoms with Crippen LogP contribution >= 0.6 is 11.3 Å². The van der Waals surface area contributed by atoms with Crippen LogP contribution in [-0.4, -0.2) is 26.3 Å². The molecule has 0 aliphatic carbocycles. The molecule has 0 atom stereocenters. The Morgan fingerprint density at radius 1 is 1.13 bits per heavy atom. The molecule has 2 aromatic heterocycles. The Balaban J connectivity index is 1.54. The summed E-state index contributed by atoms with van der Waals surface area (Å²) in [5, 5.41) is 11.3. The zero-order valence-corrected chi connectivity index (χ0v) is 12.9. The lowest BCUT2D eigenvalue weighted by Gasteiger charge is -2.04. The van der Waals surface area contributed by atoms with Gasteiger partial charge in [0.15, 0.2) is 5.13 Å². The van der Waals surface area contributed by atoms with Gasteiger partial charge in [0.05, 0.1) is 15.8 Å². The molecule has 0 fully saturated rings. The summed E-state index contributed by atoms with van der Waals surface area (Å²) >= 11 is 1.36. The summed E-state index contributed by atoms with van der Waals surface area (Å²) in [7, 11) is 0. The highest BCUT2D eigenvalue weighted by molar-refractivity contribution is 7.22. The maximum atomic E-state index is 12.7. The van der Waals surface area contributed by atoms with Gasteiger partial charge in [0.25, 0.3) is 0 Å². The fraction of sp³-hybridized carbons (Fsp3) is 0.357. The summed E-state index contributed by atoms with van der Waals surface area (Å²) < 4.78 is 40.7. The van der Waals surface area contributed by atoms with E-state index in [4.69, 9.17) is 0 Å². The van der Waals surface area contributed by atoms with Gasteiger partial charge in [-0.1, -0.05) is 11.3 Å². The van der Waals surface area contributed by atoms with Crippen molar-refractivity contribution in [3.8, 4) is 0 Å². The molecule has 2 heterocycles.